The Labute approximate surface area is 244 Å². The first-order chi connectivity index (χ1) is 20.3. The number of aromatic nitrogens is 2. The molecule has 1 fully saturated rings. The van der Waals surface area contributed by atoms with Gasteiger partial charge in [-0.1, -0.05) is 18.2 Å². The van der Waals surface area contributed by atoms with Crippen molar-refractivity contribution in [2.75, 3.05) is 26.8 Å². The van der Waals surface area contributed by atoms with Crippen molar-refractivity contribution in [1.82, 2.24) is 14.5 Å². The van der Waals surface area contributed by atoms with Gasteiger partial charge in [-0.3, -0.25) is 9.59 Å². The van der Waals surface area contributed by atoms with Crippen molar-refractivity contribution in [2.24, 2.45) is 5.73 Å². The Hall–Kier alpha value is -3.82. The van der Waals surface area contributed by atoms with Crippen LogP contribution in [0.4, 0.5) is 8.78 Å². The maximum Gasteiger partial charge on any atom is 0.247 e. The van der Waals surface area contributed by atoms with Crippen LogP contribution in [0.15, 0.2) is 59.5 Å². The number of likely N-dealkylation sites (tertiary alicyclic amines) is 1. The van der Waals surface area contributed by atoms with E-state index >= 15 is 0 Å². The number of ether oxygens (including phenoxy) is 1. The highest BCUT2D eigenvalue weighted by molar-refractivity contribution is 5.86. The minimum Gasteiger partial charge on any atom is -0.385 e. The lowest BCUT2D eigenvalue weighted by molar-refractivity contribution is -0.132. The second kappa shape index (κ2) is 13.0. The summed E-state index contributed by atoms with van der Waals surface area (Å²) >= 11 is 0. The molecule has 42 heavy (non-hydrogen) atoms. The minimum atomic E-state index is -0.539. The van der Waals surface area contributed by atoms with E-state index in [0.29, 0.717) is 48.3 Å². The molecule has 1 aliphatic rings. The summed E-state index contributed by atoms with van der Waals surface area (Å²) in [7, 11) is 1.67. The lowest BCUT2D eigenvalue weighted by Gasteiger charge is -2.34. The number of nitrogens with zero attached hydrogens (tertiary/aromatic N) is 2. The minimum absolute atomic E-state index is 0.0525. The van der Waals surface area contributed by atoms with Crippen LogP contribution in [-0.4, -0.2) is 53.2 Å². The summed E-state index contributed by atoms with van der Waals surface area (Å²) in [5.41, 5.74) is 10.8. The topological polar surface area (TPSA) is 93.3 Å². The first kappa shape index (κ1) is 29.7. The van der Waals surface area contributed by atoms with Crippen LogP contribution in [0.1, 0.15) is 48.4 Å². The largest absolute Gasteiger partial charge is 0.385 e. The number of carbonyl (C=O) groups is 1. The van der Waals surface area contributed by atoms with Crippen LogP contribution in [-0.2, 0) is 22.5 Å². The highest BCUT2D eigenvalue weighted by atomic mass is 19.1. The molecule has 1 saturated heterocycles. The van der Waals surface area contributed by atoms with Crippen molar-refractivity contribution >= 4 is 16.8 Å². The summed E-state index contributed by atoms with van der Waals surface area (Å²) in [6.45, 7) is 4.47. The van der Waals surface area contributed by atoms with E-state index in [1.54, 1.807) is 37.6 Å². The molecule has 0 aliphatic carbocycles. The van der Waals surface area contributed by atoms with Crippen LogP contribution >= 0.6 is 0 Å². The molecule has 0 radical (unpaired) electrons. The molecule has 5 rings (SSSR count). The number of methoxy groups -OCH3 is 1. The van der Waals surface area contributed by atoms with E-state index < -0.39 is 11.9 Å². The molecular formula is C33H38F2N4O3. The Bertz CT molecular complexity index is 1610. The highest BCUT2D eigenvalue weighted by Crippen LogP contribution is 2.37. The lowest BCUT2D eigenvalue weighted by atomic mass is 9.91. The van der Waals surface area contributed by atoms with Crippen molar-refractivity contribution in [1.29, 1.82) is 0 Å². The average molecular weight is 577 g/mol. The molecule has 4 aromatic rings. The zero-order chi connectivity index (χ0) is 29.8. The van der Waals surface area contributed by atoms with E-state index in [2.05, 4.69) is 9.55 Å². The van der Waals surface area contributed by atoms with Crippen molar-refractivity contribution in [3.8, 4) is 11.1 Å². The van der Waals surface area contributed by atoms with E-state index in [1.807, 2.05) is 17.9 Å². The first-order valence-corrected chi connectivity index (χ1v) is 14.5. The van der Waals surface area contributed by atoms with Crippen LogP contribution in [0.2, 0.25) is 0 Å². The molecule has 1 amide bonds. The number of rotatable bonds is 10. The van der Waals surface area contributed by atoms with Gasteiger partial charge in [0.2, 0.25) is 11.5 Å². The molecule has 2 aromatic carbocycles. The highest BCUT2D eigenvalue weighted by Gasteiger charge is 2.30. The molecule has 3 heterocycles. The Morgan fingerprint density at radius 2 is 1.95 bits per heavy atom. The number of nitrogens with two attached hydrogens (primary N) is 1. The second-order valence-corrected chi connectivity index (χ2v) is 11.2. The van der Waals surface area contributed by atoms with E-state index in [1.165, 1.54) is 18.2 Å². The van der Waals surface area contributed by atoms with Gasteiger partial charge < -0.3 is 24.9 Å². The van der Waals surface area contributed by atoms with Gasteiger partial charge in [0.25, 0.3) is 0 Å². The van der Waals surface area contributed by atoms with Crippen molar-refractivity contribution in [3.05, 3.63) is 93.5 Å². The Kier molecular flexibility index (Phi) is 9.18. The van der Waals surface area contributed by atoms with Crippen LogP contribution in [0, 0.1) is 18.6 Å². The molecule has 2 atom stereocenters. The summed E-state index contributed by atoms with van der Waals surface area (Å²) in [6.07, 6.45) is 4.44. The third-order valence-corrected chi connectivity index (χ3v) is 8.31. The first-order valence-electron chi connectivity index (χ1n) is 14.5. The number of H-pyrrole nitrogens is 1. The van der Waals surface area contributed by atoms with E-state index in [9.17, 15) is 18.4 Å². The Morgan fingerprint density at radius 3 is 2.69 bits per heavy atom. The predicted octanol–water partition coefficient (Wildman–Crippen LogP) is 5.29. The summed E-state index contributed by atoms with van der Waals surface area (Å²) < 4.78 is 37.3. The number of hydrogen-bond donors (Lipinski definition) is 2. The van der Waals surface area contributed by atoms with Gasteiger partial charge >= 0.3 is 0 Å². The SMILES string of the molecule is COCCCn1c(C2CCCN(C(=O)CC(N)Cc3ccc(-c4ccc(=O)[nH]c4)cc3F)C2)c(C)c2c(F)cccc21. The number of amides is 1. The standard InChI is InChI=1S/C33H38F2N4O3/c1-21-32-27(34)7-3-8-29(32)39(14-5-15-42-2)33(21)25-6-4-13-38(20-25)31(41)18-26(36)16-23-10-9-22(17-28(23)35)24-11-12-30(40)37-19-24/h3,7-12,17,19,25-26H,4-6,13-16,18,20,36H2,1-2H3,(H,37,40). The fraction of sp³-hybridized carbons (Fsp3) is 0.394. The van der Waals surface area contributed by atoms with Gasteiger partial charge in [0.15, 0.2) is 0 Å². The summed E-state index contributed by atoms with van der Waals surface area (Å²) in [5, 5.41) is 0.643. The molecule has 1 aliphatic heterocycles. The van der Waals surface area contributed by atoms with Gasteiger partial charge in [0, 0.05) is 75.1 Å². The Morgan fingerprint density at radius 1 is 1.14 bits per heavy atom. The number of pyridine rings is 1. The van der Waals surface area contributed by atoms with E-state index in [4.69, 9.17) is 10.5 Å². The zero-order valence-corrected chi connectivity index (χ0v) is 24.2. The zero-order valence-electron chi connectivity index (χ0n) is 24.2. The van der Waals surface area contributed by atoms with Crippen molar-refractivity contribution in [2.45, 2.75) is 57.5 Å². The summed E-state index contributed by atoms with van der Waals surface area (Å²) in [6, 6.07) is 12.6. The molecule has 0 bridgehead atoms. The van der Waals surface area contributed by atoms with Crippen molar-refractivity contribution < 1.29 is 18.3 Å². The molecule has 9 heteroatoms. The fourth-order valence-electron chi connectivity index (χ4n) is 6.32. The quantitative estimate of drug-likeness (QED) is 0.251. The van der Waals surface area contributed by atoms with E-state index in [0.717, 1.165) is 36.0 Å². The molecule has 2 unspecified atom stereocenters. The predicted molar refractivity (Wildman–Crippen MR) is 160 cm³/mol. The summed E-state index contributed by atoms with van der Waals surface area (Å²) in [5.74, 6) is -0.608. The van der Waals surface area contributed by atoms with Gasteiger partial charge in [-0.05, 0) is 79.1 Å². The van der Waals surface area contributed by atoms with Crippen molar-refractivity contribution in [3.63, 3.8) is 0 Å². The Balaban J connectivity index is 1.27. The van der Waals surface area contributed by atoms with Gasteiger partial charge in [-0.15, -0.1) is 0 Å². The van der Waals surface area contributed by atoms with Gasteiger partial charge in [0.05, 0.1) is 5.52 Å². The van der Waals surface area contributed by atoms with Crippen LogP contribution < -0.4 is 11.3 Å². The number of benzene rings is 2. The number of aryl methyl sites for hydroxylation is 2. The van der Waals surface area contributed by atoms with Crippen LogP contribution in [0.25, 0.3) is 22.0 Å². The number of fused-ring (bicyclic) bond motifs is 1. The van der Waals surface area contributed by atoms with Gasteiger partial charge in [-0.2, -0.15) is 0 Å². The molecule has 2 aromatic heterocycles. The number of halogens is 2. The number of nitrogens with one attached hydrogen (secondary N) is 1. The third kappa shape index (κ3) is 6.32. The van der Waals surface area contributed by atoms with E-state index in [-0.39, 0.29) is 36.0 Å². The maximum atomic E-state index is 14.9. The monoisotopic (exact) mass is 576 g/mol. The molecule has 0 spiro atoms. The van der Waals surface area contributed by atoms with Crippen LogP contribution in [0.5, 0.6) is 0 Å². The maximum absolute atomic E-state index is 14.9. The van der Waals surface area contributed by atoms with Gasteiger partial charge in [-0.25, -0.2) is 8.78 Å². The molecular weight excluding hydrogens is 538 g/mol. The van der Waals surface area contributed by atoms with Crippen LogP contribution in [0.3, 0.4) is 0 Å². The molecule has 222 valence electrons. The normalized spacial score (nSPS) is 16.2. The molecule has 3 N–H and O–H groups in total. The number of piperidine rings is 1. The number of carbonyl (C=O) groups excluding carboxylic acids is 1. The molecule has 7 nitrogen and oxygen atoms in total. The smallest absolute Gasteiger partial charge is 0.247 e. The lowest BCUT2D eigenvalue weighted by Crippen LogP contribution is -2.42. The number of aromatic amines is 1. The fourth-order valence-corrected chi connectivity index (χ4v) is 6.32. The second-order valence-electron chi connectivity index (χ2n) is 11.2. The third-order valence-electron chi connectivity index (χ3n) is 8.31. The number of hydrogen-bond acceptors (Lipinski definition) is 4. The molecule has 0 saturated carbocycles. The summed E-state index contributed by atoms with van der Waals surface area (Å²) in [4.78, 5) is 29.1. The van der Waals surface area contributed by atoms with Gasteiger partial charge in [0.1, 0.15) is 11.6 Å². The average Bonchev–Trinajstić information content (AvgIpc) is 3.27.